The smallest absolute Gasteiger partial charge is 0.270 e. The highest BCUT2D eigenvalue weighted by molar-refractivity contribution is 6.08. The molecule has 132 valence electrons. The van der Waals surface area contributed by atoms with Gasteiger partial charge in [0.15, 0.2) is 11.5 Å². The fourth-order valence-corrected chi connectivity index (χ4v) is 2.65. The normalized spacial score (nSPS) is 10.2. The number of carbonyl (C=O) groups is 2. The summed E-state index contributed by atoms with van der Waals surface area (Å²) in [4.78, 5) is 24.7. The van der Waals surface area contributed by atoms with Crippen LogP contribution in [-0.2, 0) is 0 Å². The molecule has 2 amide bonds. The van der Waals surface area contributed by atoms with E-state index in [2.05, 4.69) is 10.9 Å². The van der Waals surface area contributed by atoms with Gasteiger partial charge in [0.05, 0.1) is 14.2 Å². The van der Waals surface area contributed by atoms with Crippen LogP contribution in [0.4, 0.5) is 0 Å². The van der Waals surface area contributed by atoms with Gasteiger partial charge in [-0.2, -0.15) is 0 Å². The van der Waals surface area contributed by atoms with Gasteiger partial charge in [-0.1, -0.05) is 36.4 Å². The largest absolute Gasteiger partial charge is 0.493 e. The summed E-state index contributed by atoms with van der Waals surface area (Å²) in [7, 11) is 3.00. The molecule has 0 radical (unpaired) electrons. The van der Waals surface area contributed by atoms with Gasteiger partial charge in [-0.15, -0.1) is 0 Å². The first-order chi connectivity index (χ1) is 12.6. The van der Waals surface area contributed by atoms with Crippen molar-refractivity contribution in [1.82, 2.24) is 10.9 Å². The number of hydrogen-bond donors (Lipinski definition) is 2. The van der Waals surface area contributed by atoms with E-state index in [-0.39, 0.29) is 0 Å². The summed E-state index contributed by atoms with van der Waals surface area (Å²) < 4.78 is 10.3. The number of amides is 2. The van der Waals surface area contributed by atoms with Gasteiger partial charge in [-0.25, -0.2) is 0 Å². The molecule has 0 bridgehead atoms. The van der Waals surface area contributed by atoms with Gasteiger partial charge in [-0.05, 0) is 35.0 Å². The minimum absolute atomic E-state index is 0.334. The lowest BCUT2D eigenvalue weighted by atomic mass is 10.0. The summed E-state index contributed by atoms with van der Waals surface area (Å²) in [6.07, 6.45) is 0. The van der Waals surface area contributed by atoms with Gasteiger partial charge in [0.25, 0.3) is 11.8 Å². The Hall–Kier alpha value is -3.54. The molecule has 0 unspecified atom stereocenters. The fourth-order valence-electron chi connectivity index (χ4n) is 2.65. The van der Waals surface area contributed by atoms with Crippen molar-refractivity contribution in [2.45, 2.75) is 0 Å². The molecule has 0 fully saturated rings. The lowest BCUT2D eigenvalue weighted by Crippen LogP contribution is -2.41. The Bertz CT molecular complexity index is 964. The molecule has 0 aromatic heterocycles. The number of methoxy groups -OCH3 is 2. The van der Waals surface area contributed by atoms with Crippen molar-refractivity contribution in [1.29, 1.82) is 0 Å². The molecule has 0 aliphatic rings. The highest BCUT2D eigenvalue weighted by Crippen LogP contribution is 2.27. The Morgan fingerprint density at radius 1 is 0.769 bits per heavy atom. The molecule has 0 aliphatic carbocycles. The molecule has 3 rings (SSSR count). The van der Waals surface area contributed by atoms with Crippen molar-refractivity contribution in [3.05, 3.63) is 71.8 Å². The number of benzene rings is 3. The Morgan fingerprint density at radius 3 is 2.23 bits per heavy atom. The molecule has 0 saturated carbocycles. The predicted octanol–water partition coefficient (Wildman–Crippen LogP) is 2.93. The van der Waals surface area contributed by atoms with Crippen LogP contribution in [-0.4, -0.2) is 26.0 Å². The minimum atomic E-state index is -0.459. The summed E-state index contributed by atoms with van der Waals surface area (Å²) >= 11 is 0. The first kappa shape index (κ1) is 17.3. The van der Waals surface area contributed by atoms with Crippen LogP contribution >= 0.6 is 0 Å². The number of rotatable bonds is 4. The molecule has 0 atom stereocenters. The van der Waals surface area contributed by atoms with Crippen LogP contribution in [0.5, 0.6) is 11.5 Å². The third-order valence-electron chi connectivity index (χ3n) is 3.97. The number of hydrazine groups is 1. The van der Waals surface area contributed by atoms with E-state index in [4.69, 9.17) is 9.47 Å². The number of carbonyl (C=O) groups excluding carboxylic acids is 2. The van der Waals surface area contributed by atoms with Crippen molar-refractivity contribution >= 4 is 22.6 Å². The number of ether oxygens (including phenoxy) is 2. The van der Waals surface area contributed by atoms with E-state index in [0.29, 0.717) is 22.6 Å². The molecule has 2 N–H and O–H groups in total. The van der Waals surface area contributed by atoms with Crippen LogP contribution in [0.25, 0.3) is 10.8 Å². The van der Waals surface area contributed by atoms with Crippen molar-refractivity contribution < 1.29 is 19.1 Å². The van der Waals surface area contributed by atoms with Crippen LogP contribution in [0.2, 0.25) is 0 Å². The highest BCUT2D eigenvalue weighted by Gasteiger charge is 2.13. The maximum absolute atomic E-state index is 12.4. The van der Waals surface area contributed by atoms with Crippen molar-refractivity contribution in [3.8, 4) is 11.5 Å². The summed E-state index contributed by atoms with van der Waals surface area (Å²) in [6.45, 7) is 0. The molecule has 3 aromatic rings. The average Bonchev–Trinajstić information content (AvgIpc) is 2.70. The Kier molecular flexibility index (Phi) is 5.03. The first-order valence-corrected chi connectivity index (χ1v) is 7.94. The summed E-state index contributed by atoms with van der Waals surface area (Å²) in [5.74, 6) is 0.0968. The third kappa shape index (κ3) is 3.44. The lowest BCUT2D eigenvalue weighted by Gasteiger charge is -2.11. The summed E-state index contributed by atoms with van der Waals surface area (Å²) in [6, 6.07) is 17.7. The second kappa shape index (κ2) is 7.57. The quantitative estimate of drug-likeness (QED) is 0.710. The second-order valence-corrected chi connectivity index (χ2v) is 5.50. The zero-order chi connectivity index (χ0) is 18.5. The van der Waals surface area contributed by atoms with E-state index in [1.165, 1.54) is 20.3 Å². The summed E-state index contributed by atoms with van der Waals surface area (Å²) in [5.41, 5.74) is 5.68. The molecule has 6 heteroatoms. The molecular weight excluding hydrogens is 332 g/mol. The van der Waals surface area contributed by atoms with E-state index >= 15 is 0 Å². The first-order valence-electron chi connectivity index (χ1n) is 7.94. The van der Waals surface area contributed by atoms with Crippen LogP contribution in [0.3, 0.4) is 0 Å². The zero-order valence-electron chi connectivity index (χ0n) is 14.4. The van der Waals surface area contributed by atoms with E-state index in [1.807, 2.05) is 30.3 Å². The third-order valence-corrected chi connectivity index (χ3v) is 3.97. The van der Waals surface area contributed by atoms with Crippen molar-refractivity contribution in [3.63, 3.8) is 0 Å². The average molecular weight is 350 g/mol. The highest BCUT2D eigenvalue weighted by atomic mass is 16.5. The maximum Gasteiger partial charge on any atom is 0.270 e. The van der Waals surface area contributed by atoms with Gasteiger partial charge >= 0.3 is 0 Å². The van der Waals surface area contributed by atoms with Crippen LogP contribution in [0.1, 0.15) is 20.7 Å². The number of fused-ring (bicyclic) bond motifs is 1. The van der Waals surface area contributed by atoms with Crippen LogP contribution in [0.15, 0.2) is 60.7 Å². The molecular formula is C20H18N2O4. The Balaban J connectivity index is 1.74. The SMILES string of the molecule is COc1ccc(C(=O)NNC(=O)c2cccc3ccccc23)cc1OC. The van der Waals surface area contributed by atoms with E-state index in [1.54, 1.807) is 24.3 Å². The predicted molar refractivity (Wildman–Crippen MR) is 98.4 cm³/mol. The standard InChI is InChI=1S/C20H18N2O4/c1-25-17-11-10-14(12-18(17)26-2)19(23)21-22-20(24)16-9-5-7-13-6-3-4-8-15(13)16/h3-12H,1-2H3,(H,21,23)(H,22,24). The van der Waals surface area contributed by atoms with E-state index in [9.17, 15) is 9.59 Å². The molecule has 0 heterocycles. The zero-order valence-corrected chi connectivity index (χ0v) is 14.4. The monoisotopic (exact) mass is 350 g/mol. The number of nitrogens with one attached hydrogen (secondary N) is 2. The molecule has 26 heavy (non-hydrogen) atoms. The van der Waals surface area contributed by atoms with Gasteiger partial charge in [0, 0.05) is 11.1 Å². The summed E-state index contributed by atoms with van der Waals surface area (Å²) in [5, 5.41) is 1.76. The topological polar surface area (TPSA) is 76.7 Å². The lowest BCUT2D eigenvalue weighted by molar-refractivity contribution is 0.0847. The molecule has 3 aromatic carbocycles. The molecule has 0 saturated heterocycles. The molecule has 0 aliphatic heterocycles. The van der Waals surface area contributed by atoms with Gasteiger partial charge < -0.3 is 9.47 Å². The maximum atomic E-state index is 12.4. The van der Waals surface area contributed by atoms with E-state index in [0.717, 1.165) is 10.8 Å². The van der Waals surface area contributed by atoms with Crippen molar-refractivity contribution in [2.75, 3.05) is 14.2 Å². The fraction of sp³-hybridized carbons (Fsp3) is 0.100. The van der Waals surface area contributed by atoms with Gasteiger partial charge in [-0.3, -0.25) is 20.4 Å². The van der Waals surface area contributed by atoms with Crippen LogP contribution < -0.4 is 20.3 Å². The second-order valence-electron chi connectivity index (χ2n) is 5.50. The van der Waals surface area contributed by atoms with Gasteiger partial charge in [0.2, 0.25) is 0 Å². The van der Waals surface area contributed by atoms with Gasteiger partial charge in [0.1, 0.15) is 0 Å². The molecule has 0 spiro atoms. The van der Waals surface area contributed by atoms with Crippen LogP contribution in [0, 0.1) is 0 Å². The Morgan fingerprint density at radius 2 is 1.46 bits per heavy atom. The number of hydrogen-bond acceptors (Lipinski definition) is 4. The van der Waals surface area contributed by atoms with E-state index < -0.39 is 11.8 Å². The Labute approximate surface area is 150 Å². The van der Waals surface area contributed by atoms with Crippen molar-refractivity contribution in [2.24, 2.45) is 0 Å². The minimum Gasteiger partial charge on any atom is -0.493 e. The molecule has 6 nitrogen and oxygen atoms in total.